The summed E-state index contributed by atoms with van der Waals surface area (Å²) in [6, 6.07) is 6.60. The molecule has 0 saturated carbocycles. The zero-order valence-corrected chi connectivity index (χ0v) is 15.3. The van der Waals surface area contributed by atoms with Crippen molar-refractivity contribution in [2.75, 3.05) is 5.43 Å². The molecule has 0 bridgehead atoms. The molecule has 0 atom stereocenters. The lowest BCUT2D eigenvalue weighted by atomic mass is 10.2. The summed E-state index contributed by atoms with van der Waals surface area (Å²) < 4.78 is 3.99. The second-order valence-electron chi connectivity index (χ2n) is 6.32. The molecule has 9 heteroatoms. The van der Waals surface area contributed by atoms with Crippen molar-refractivity contribution < 1.29 is 5.11 Å². The SMILES string of the molecule is C=C(C)Cn1c(NN=Cc2cccc(O)c2)nc2c1c(=O)n(C)c(=O)n2C. The molecule has 0 unspecified atom stereocenters. The van der Waals surface area contributed by atoms with Gasteiger partial charge >= 0.3 is 5.69 Å². The van der Waals surface area contributed by atoms with E-state index < -0.39 is 11.2 Å². The highest BCUT2D eigenvalue weighted by Gasteiger charge is 2.18. The molecule has 0 fully saturated rings. The minimum atomic E-state index is -0.456. The summed E-state index contributed by atoms with van der Waals surface area (Å²) in [5.41, 5.74) is 3.96. The minimum Gasteiger partial charge on any atom is -0.508 e. The Hall–Kier alpha value is -3.62. The number of hydrogen-bond acceptors (Lipinski definition) is 6. The van der Waals surface area contributed by atoms with E-state index in [0.29, 0.717) is 18.1 Å². The van der Waals surface area contributed by atoms with E-state index in [1.165, 1.54) is 17.8 Å². The number of aromatic nitrogens is 4. The van der Waals surface area contributed by atoms with Crippen molar-refractivity contribution in [2.24, 2.45) is 19.2 Å². The Morgan fingerprint density at radius 1 is 1.33 bits per heavy atom. The Kier molecular flexibility index (Phi) is 4.68. The number of benzene rings is 1. The minimum absolute atomic E-state index is 0.131. The molecule has 0 spiro atoms. The Bertz CT molecular complexity index is 1180. The maximum atomic E-state index is 12.6. The summed E-state index contributed by atoms with van der Waals surface area (Å²) in [4.78, 5) is 29.2. The van der Waals surface area contributed by atoms with Gasteiger partial charge in [-0.25, -0.2) is 10.2 Å². The summed E-state index contributed by atoms with van der Waals surface area (Å²) in [5.74, 6) is 0.440. The highest BCUT2D eigenvalue weighted by molar-refractivity contribution is 5.81. The van der Waals surface area contributed by atoms with Gasteiger partial charge in [-0.15, -0.1) is 0 Å². The Balaban J connectivity index is 2.10. The molecule has 9 nitrogen and oxygen atoms in total. The second kappa shape index (κ2) is 6.94. The zero-order chi connectivity index (χ0) is 19.7. The van der Waals surface area contributed by atoms with Crippen molar-refractivity contribution in [1.29, 1.82) is 0 Å². The van der Waals surface area contributed by atoms with E-state index in [9.17, 15) is 14.7 Å². The number of hydrogen-bond donors (Lipinski definition) is 2. The molecule has 2 aromatic heterocycles. The van der Waals surface area contributed by atoms with Crippen molar-refractivity contribution in [3.05, 3.63) is 62.8 Å². The van der Waals surface area contributed by atoms with Gasteiger partial charge in [-0.05, 0) is 24.6 Å². The lowest BCUT2D eigenvalue weighted by Crippen LogP contribution is -2.37. The van der Waals surface area contributed by atoms with Gasteiger partial charge < -0.3 is 5.11 Å². The van der Waals surface area contributed by atoms with Crippen LogP contribution in [-0.4, -0.2) is 30.0 Å². The third kappa shape index (κ3) is 3.39. The number of nitrogens with zero attached hydrogens (tertiary/aromatic N) is 5. The van der Waals surface area contributed by atoms with Gasteiger partial charge in [-0.1, -0.05) is 24.3 Å². The van der Waals surface area contributed by atoms with Gasteiger partial charge in [0.25, 0.3) is 5.56 Å². The quantitative estimate of drug-likeness (QED) is 0.399. The lowest BCUT2D eigenvalue weighted by Gasteiger charge is -2.08. The van der Waals surface area contributed by atoms with Gasteiger partial charge in [0.2, 0.25) is 5.95 Å². The predicted octanol–water partition coefficient (Wildman–Crippen LogP) is 1.16. The van der Waals surface area contributed by atoms with Crippen LogP contribution in [0.2, 0.25) is 0 Å². The molecule has 27 heavy (non-hydrogen) atoms. The van der Waals surface area contributed by atoms with Crippen LogP contribution in [0.3, 0.4) is 0 Å². The molecular formula is C18H20N6O3. The third-order valence-electron chi connectivity index (χ3n) is 4.02. The number of nitrogens with one attached hydrogen (secondary N) is 1. The summed E-state index contributed by atoms with van der Waals surface area (Å²) >= 11 is 0. The molecule has 3 aromatic rings. The number of rotatable bonds is 5. The van der Waals surface area contributed by atoms with E-state index >= 15 is 0 Å². The number of aromatic hydroxyl groups is 1. The number of phenols is 1. The maximum absolute atomic E-state index is 12.6. The molecule has 0 aliphatic heterocycles. The van der Waals surface area contributed by atoms with Crippen LogP contribution in [0.15, 0.2) is 51.1 Å². The first kappa shape index (κ1) is 18.2. The monoisotopic (exact) mass is 368 g/mol. The van der Waals surface area contributed by atoms with Gasteiger partial charge in [-0.3, -0.25) is 18.5 Å². The van der Waals surface area contributed by atoms with Crippen molar-refractivity contribution in [3.63, 3.8) is 0 Å². The van der Waals surface area contributed by atoms with E-state index in [4.69, 9.17) is 0 Å². The van der Waals surface area contributed by atoms with Crippen molar-refractivity contribution in [1.82, 2.24) is 18.7 Å². The van der Waals surface area contributed by atoms with E-state index in [1.54, 1.807) is 35.9 Å². The maximum Gasteiger partial charge on any atom is 0.332 e. The number of fused-ring (bicyclic) bond motifs is 1. The van der Waals surface area contributed by atoms with Crippen LogP contribution in [0.25, 0.3) is 11.2 Å². The number of aryl methyl sites for hydroxylation is 1. The number of anilines is 1. The van der Waals surface area contributed by atoms with Gasteiger partial charge in [0.1, 0.15) is 5.75 Å². The second-order valence-corrected chi connectivity index (χ2v) is 6.32. The van der Waals surface area contributed by atoms with Crippen molar-refractivity contribution in [3.8, 4) is 5.75 Å². The zero-order valence-electron chi connectivity index (χ0n) is 15.3. The predicted molar refractivity (Wildman–Crippen MR) is 104 cm³/mol. The highest BCUT2D eigenvalue weighted by atomic mass is 16.3. The van der Waals surface area contributed by atoms with Gasteiger partial charge in [0, 0.05) is 20.6 Å². The Morgan fingerprint density at radius 2 is 2.07 bits per heavy atom. The molecule has 0 aliphatic rings. The molecule has 0 amide bonds. The molecule has 3 rings (SSSR count). The van der Waals surface area contributed by atoms with Crippen LogP contribution in [0.1, 0.15) is 12.5 Å². The molecule has 0 saturated heterocycles. The fourth-order valence-corrected chi connectivity index (χ4v) is 2.73. The topological polar surface area (TPSA) is 106 Å². The van der Waals surface area contributed by atoms with E-state index in [0.717, 1.165) is 10.1 Å². The summed E-state index contributed by atoms with van der Waals surface area (Å²) in [7, 11) is 2.98. The van der Waals surface area contributed by atoms with Crippen LogP contribution >= 0.6 is 0 Å². The summed E-state index contributed by atoms with van der Waals surface area (Å²) in [6.45, 7) is 6.06. The fourth-order valence-electron chi connectivity index (χ4n) is 2.73. The molecule has 140 valence electrons. The average Bonchev–Trinajstić information content (AvgIpc) is 2.96. The number of imidazole rings is 1. The first-order valence-electron chi connectivity index (χ1n) is 8.18. The van der Waals surface area contributed by atoms with E-state index in [1.807, 2.05) is 6.92 Å². The third-order valence-corrected chi connectivity index (χ3v) is 4.02. The van der Waals surface area contributed by atoms with Gasteiger partial charge in [0.05, 0.1) is 6.21 Å². The highest BCUT2D eigenvalue weighted by Crippen LogP contribution is 2.17. The largest absolute Gasteiger partial charge is 0.508 e. The van der Waals surface area contributed by atoms with E-state index in [-0.39, 0.29) is 16.9 Å². The Morgan fingerprint density at radius 3 is 2.74 bits per heavy atom. The lowest BCUT2D eigenvalue weighted by molar-refractivity contribution is 0.475. The first-order chi connectivity index (χ1) is 12.8. The summed E-state index contributed by atoms with van der Waals surface area (Å²) in [6.07, 6.45) is 1.52. The number of phenolic OH excluding ortho intramolecular Hbond substituents is 1. The average molecular weight is 368 g/mol. The fraction of sp³-hybridized carbons (Fsp3) is 0.222. The number of hydrazone groups is 1. The molecule has 0 aliphatic carbocycles. The molecule has 0 radical (unpaired) electrons. The summed E-state index contributed by atoms with van der Waals surface area (Å²) in [5, 5.41) is 13.6. The first-order valence-corrected chi connectivity index (χ1v) is 8.18. The smallest absolute Gasteiger partial charge is 0.332 e. The standard InChI is InChI=1S/C18H20N6O3/c1-11(2)10-24-14-15(22(3)18(27)23(4)16(14)26)20-17(24)21-19-9-12-6-5-7-13(25)8-12/h5-9,25H,1,10H2,2-4H3,(H,20,21). The van der Waals surface area contributed by atoms with Gasteiger partial charge in [-0.2, -0.15) is 10.1 Å². The van der Waals surface area contributed by atoms with Crippen molar-refractivity contribution >= 4 is 23.3 Å². The van der Waals surface area contributed by atoms with E-state index in [2.05, 4.69) is 22.1 Å². The van der Waals surface area contributed by atoms with Gasteiger partial charge in [0.15, 0.2) is 11.2 Å². The van der Waals surface area contributed by atoms with Crippen molar-refractivity contribution in [2.45, 2.75) is 13.5 Å². The molecule has 2 N–H and O–H groups in total. The molecule has 1 aromatic carbocycles. The molecule has 2 heterocycles. The van der Waals surface area contributed by atoms with Crippen LogP contribution in [-0.2, 0) is 20.6 Å². The Labute approximate surface area is 154 Å². The van der Waals surface area contributed by atoms with Crippen LogP contribution in [0.5, 0.6) is 5.75 Å². The van der Waals surface area contributed by atoms with Crippen LogP contribution in [0.4, 0.5) is 5.95 Å². The van der Waals surface area contributed by atoms with Crippen LogP contribution in [0, 0.1) is 0 Å². The molecular weight excluding hydrogens is 348 g/mol. The normalized spacial score (nSPS) is 11.4. The number of allylic oxidation sites excluding steroid dienone is 1. The van der Waals surface area contributed by atoms with Crippen LogP contribution < -0.4 is 16.7 Å².